The number of carbonyl (C=O) groups is 3. The predicted molar refractivity (Wildman–Crippen MR) is 120 cm³/mol. The number of benzene rings is 1. The lowest BCUT2D eigenvalue weighted by molar-refractivity contribution is -0.151. The molecule has 1 fully saturated rings. The molecule has 1 aliphatic heterocycles. The minimum atomic E-state index is -0.272. The Morgan fingerprint density at radius 3 is 2.59 bits per heavy atom. The Kier molecular flexibility index (Phi) is 8.09. The van der Waals surface area contributed by atoms with E-state index >= 15 is 0 Å². The van der Waals surface area contributed by atoms with Crippen molar-refractivity contribution in [2.75, 3.05) is 26.2 Å². The average molecular weight is 441 g/mol. The third-order valence-corrected chi connectivity index (χ3v) is 5.76. The van der Waals surface area contributed by atoms with Crippen LogP contribution in [0.15, 0.2) is 40.8 Å². The maximum Gasteiger partial charge on any atom is 0.310 e. The Labute approximate surface area is 189 Å². The molecule has 1 aromatic carbocycles. The number of rotatable bonds is 8. The number of esters is 1. The molecule has 1 unspecified atom stereocenters. The van der Waals surface area contributed by atoms with Crippen molar-refractivity contribution in [3.63, 3.8) is 0 Å². The van der Waals surface area contributed by atoms with E-state index in [9.17, 15) is 14.4 Å². The lowest BCUT2D eigenvalue weighted by Gasteiger charge is -2.32. The molecule has 0 radical (unpaired) electrons. The second kappa shape index (κ2) is 11.0. The molecule has 2 heterocycles. The fraction of sp³-hybridized carbons (Fsp3) is 0.480. The van der Waals surface area contributed by atoms with Crippen LogP contribution in [0.1, 0.15) is 53.6 Å². The van der Waals surface area contributed by atoms with Gasteiger partial charge in [-0.25, -0.2) is 0 Å². The van der Waals surface area contributed by atoms with Gasteiger partial charge in [0.2, 0.25) is 5.91 Å². The van der Waals surface area contributed by atoms with E-state index in [0.29, 0.717) is 43.3 Å². The molecule has 3 rings (SSSR count). The molecule has 32 heavy (non-hydrogen) atoms. The maximum absolute atomic E-state index is 13.3. The van der Waals surface area contributed by atoms with Gasteiger partial charge >= 0.3 is 5.97 Å². The number of aryl methyl sites for hydroxylation is 2. The summed E-state index contributed by atoms with van der Waals surface area (Å²) in [7, 11) is 0. The second-order valence-corrected chi connectivity index (χ2v) is 8.22. The quantitative estimate of drug-likeness (QED) is 0.585. The first-order valence-corrected chi connectivity index (χ1v) is 11.2. The SMILES string of the molecule is CCOC(=O)C1CCCN(C(=O)CCN(Cc2ccccc2)C(=O)c2cc(C)oc2C)C1. The monoisotopic (exact) mass is 440 g/mol. The van der Waals surface area contributed by atoms with Crippen molar-refractivity contribution < 1.29 is 23.5 Å². The smallest absolute Gasteiger partial charge is 0.310 e. The summed E-state index contributed by atoms with van der Waals surface area (Å²) in [5.74, 6) is 0.539. The number of hydrogen-bond acceptors (Lipinski definition) is 5. The van der Waals surface area contributed by atoms with E-state index in [2.05, 4.69) is 0 Å². The van der Waals surface area contributed by atoms with Gasteiger partial charge in [-0.2, -0.15) is 0 Å². The molecule has 0 N–H and O–H groups in total. The average Bonchev–Trinajstić information content (AvgIpc) is 3.14. The molecular formula is C25H32N2O5. The summed E-state index contributed by atoms with van der Waals surface area (Å²) in [6.45, 7) is 7.41. The van der Waals surface area contributed by atoms with Crippen LogP contribution in [-0.4, -0.2) is 53.8 Å². The summed E-state index contributed by atoms with van der Waals surface area (Å²) in [5, 5.41) is 0. The van der Waals surface area contributed by atoms with Gasteiger partial charge in [-0.1, -0.05) is 30.3 Å². The number of furan rings is 1. The van der Waals surface area contributed by atoms with Gasteiger partial charge in [0.25, 0.3) is 5.91 Å². The van der Waals surface area contributed by atoms with Crippen molar-refractivity contribution in [3.8, 4) is 0 Å². The molecule has 2 amide bonds. The number of likely N-dealkylation sites (tertiary alicyclic amines) is 1. The summed E-state index contributed by atoms with van der Waals surface area (Å²) >= 11 is 0. The summed E-state index contributed by atoms with van der Waals surface area (Å²) in [4.78, 5) is 41.7. The van der Waals surface area contributed by atoms with Gasteiger partial charge < -0.3 is 19.0 Å². The third kappa shape index (κ3) is 5.99. The number of piperidine rings is 1. The molecule has 0 bridgehead atoms. The van der Waals surface area contributed by atoms with Crippen molar-refractivity contribution in [2.24, 2.45) is 5.92 Å². The van der Waals surface area contributed by atoms with Crippen molar-refractivity contribution in [1.82, 2.24) is 9.80 Å². The van der Waals surface area contributed by atoms with E-state index in [-0.39, 0.29) is 36.7 Å². The Morgan fingerprint density at radius 1 is 1.19 bits per heavy atom. The highest BCUT2D eigenvalue weighted by Gasteiger charge is 2.30. The molecule has 0 saturated carbocycles. The molecule has 1 aliphatic rings. The highest BCUT2D eigenvalue weighted by Crippen LogP contribution is 2.21. The first kappa shape index (κ1) is 23.6. The van der Waals surface area contributed by atoms with E-state index in [1.807, 2.05) is 37.3 Å². The highest BCUT2D eigenvalue weighted by molar-refractivity contribution is 5.95. The maximum atomic E-state index is 13.3. The van der Waals surface area contributed by atoms with E-state index in [4.69, 9.17) is 9.15 Å². The van der Waals surface area contributed by atoms with E-state index in [0.717, 1.165) is 18.4 Å². The van der Waals surface area contributed by atoms with Crippen LogP contribution in [0.2, 0.25) is 0 Å². The number of ether oxygens (including phenoxy) is 1. The molecule has 2 aromatic rings. The summed E-state index contributed by atoms with van der Waals surface area (Å²) < 4.78 is 10.7. The second-order valence-electron chi connectivity index (χ2n) is 8.22. The number of nitrogens with zero attached hydrogens (tertiary/aromatic N) is 2. The van der Waals surface area contributed by atoms with Crippen molar-refractivity contribution in [3.05, 3.63) is 59.0 Å². The van der Waals surface area contributed by atoms with E-state index in [1.54, 1.807) is 29.7 Å². The first-order valence-electron chi connectivity index (χ1n) is 11.2. The van der Waals surface area contributed by atoms with Crippen LogP contribution in [-0.2, 0) is 20.9 Å². The Balaban J connectivity index is 1.67. The molecule has 1 saturated heterocycles. The Hall–Kier alpha value is -3.09. The van der Waals surface area contributed by atoms with Crippen molar-refractivity contribution in [2.45, 2.75) is 46.6 Å². The van der Waals surface area contributed by atoms with Crippen LogP contribution in [0.3, 0.4) is 0 Å². The minimum absolute atomic E-state index is 0.0510. The molecular weight excluding hydrogens is 408 g/mol. The van der Waals surface area contributed by atoms with Gasteiger partial charge in [0.1, 0.15) is 11.5 Å². The first-order chi connectivity index (χ1) is 15.4. The summed E-state index contributed by atoms with van der Waals surface area (Å²) in [5.41, 5.74) is 1.51. The van der Waals surface area contributed by atoms with Crippen LogP contribution in [0, 0.1) is 19.8 Å². The van der Waals surface area contributed by atoms with Gasteiger partial charge in [-0.15, -0.1) is 0 Å². The minimum Gasteiger partial charge on any atom is -0.466 e. The Bertz CT molecular complexity index is 937. The number of hydrogen-bond donors (Lipinski definition) is 0. The van der Waals surface area contributed by atoms with E-state index < -0.39 is 0 Å². The Morgan fingerprint density at radius 2 is 1.94 bits per heavy atom. The van der Waals surface area contributed by atoms with Crippen LogP contribution in [0.25, 0.3) is 0 Å². The van der Waals surface area contributed by atoms with Gasteiger partial charge in [0.05, 0.1) is 18.1 Å². The molecule has 7 heteroatoms. The number of amides is 2. The van der Waals surface area contributed by atoms with Gasteiger partial charge in [-0.3, -0.25) is 14.4 Å². The predicted octanol–water partition coefficient (Wildman–Crippen LogP) is 3.73. The molecule has 1 aromatic heterocycles. The summed E-state index contributed by atoms with van der Waals surface area (Å²) in [6, 6.07) is 11.5. The van der Waals surface area contributed by atoms with Crippen molar-refractivity contribution >= 4 is 17.8 Å². The van der Waals surface area contributed by atoms with Crippen LogP contribution in [0.4, 0.5) is 0 Å². The highest BCUT2D eigenvalue weighted by atomic mass is 16.5. The molecule has 1 atom stereocenters. The van der Waals surface area contributed by atoms with Crippen LogP contribution < -0.4 is 0 Å². The third-order valence-electron chi connectivity index (χ3n) is 5.76. The largest absolute Gasteiger partial charge is 0.466 e. The fourth-order valence-electron chi connectivity index (χ4n) is 4.11. The van der Waals surface area contributed by atoms with Crippen molar-refractivity contribution in [1.29, 1.82) is 0 Å². The lowest BCUT2D eigenvalue weighted by atomic mass is 9.98. The fourth-order valence-corrected chi connectivity index (χ4v) is 4.11. The molecule has 7 nitrogen and oxygen atoms in total. The zero-order valence-corrected chi connectivity index (χ0v) is 19.1. The van der Waals surface area contributed by atoms with Crippen LogP contribution in [0.5, 0.6) is 0 Å². The zero-order chi connectivity index (χ0) is 23.1. The molecule has 172 valence electrons. The van der Waals surface area contributed by atoms with Gasteiger partial charge in [-0.05, 0) is 45.2 Å². The zero-order valence-electron chi connectivity index (χ0n) is 19.1. The van der Waals surface area contributed by atoms with Gasteiger partial charge in [0.15, 0.2) is 0 Å². The standard InChI is InChI=1S/C25H32N2O5/c1-4-31-25(30)21-11-8-13-26(17-21)23(28)12-14-27(16-20-9-6-5-7-10-20)24(29)22-15-18(2)32-19(22)3/h5-7,9-10,15,21H,4,8,11-14,16-17H2,1-3H3. The molecule has 0 spiro atoms. The van der Waals surface area contributed by atoms with Crippen LogP contribution >= 0.6 is 0 Å². The van der Waals surface area contributed by atoms with E-state index in [1.165, 1.54) is 0 Å². The normalized spacial score (nSPS) is 16.0. The lowest BCUT2D eigenvalue weighted by Crippen LogP contribution is -2.44. The number of carbonyl (C=O) groups excluding carboxylic acids is 3. The molecule has 0 aliphatic carbocycles. The topological polar surface area (TPSA) is 80.1 Å². The van der Waals surface area contributed by atoms with Gasteiger partial charge in [0, 0.05) is 32.6 Å². The summed E-state index contributed by atoms with van der Waals surface area (Å²) in [6.07, 6.45) is 1.71.